The number of aliphatic carboxylic acids is 2. The van der Waals surface area contributed by atoms with E-state index in [4.69, 9.17) is 10.2 Å². The zero-order chi connectivity index (χ0) is 13.5. The van der Waals surface area contributed by atoms with Gasteiger partial charge in [-0.1, -0.05) is 39.5 Å². The van der Waals surface area contributed by atoms with Gasteiger partial charge in [-0.25, -0.2) is 0 Å². The Balaban J connectivity index is 0. The Hall–Kier alpha value is -1.06. The summed E-state index contributed by atoms with van der Waals surface area (Å²) in [4.78, 5) is 20.3. The van der Waals surface area contributed by atoms with Crippen LogP contribution >= 0.6 is 0 Å². The van der Waals surface area contributed by atoms with Gasteiger partial charge in [-0.3, -0.25) is 9.59 Å². The number of carboxylic acids is 2. The molecule has 2 N–H and O–H groups in total. The minimum Gasteiger partial charge on any atom is -0.481 e. The average Bonchev–Trinajstić information content (AvgIpc) is 2.22. The molecule has 0 fully saturated rings. The van der Waals surface area contributed by atoms with E-state index >= 15 is 0 Å². The van der Waals surface area contributed by atoms with Crippen LogP contribution in [-0.4, -0.2) is 22.2 Å². The summed E-state index contributed by atoms with van der Waals surface area (Å²) in [5.41, 5.74) is 0. The minimum atomic E-state index is -0.740. The molecule has 0 spiro atoms. The van der Waals surface area contributed by atoms with E-state index in [9.17, 15) is 9.59 Å². The number of unbranched alkanes of at least 4 members (excludes halogenated alkanes) is 5. The molecule has 0 aliphatic carbocycles. The van der Waals surface area contributed by atoms with E-state index < -0.39 is 11.9 Å². The molecule has 0 rings (SSSR count). The van der Waals surface area contributed by atoms with Gasteiger partial charge in [0.05, 0.1) is 0 Å². The number of hydrogen-bond donors (Lipinski definition) is 2. The van der Waals surface area contributed by atoms with Gasteiger partial charge in [-0.15, -0.1) is 0 Å². The van der Waals surface area contributed by atoms with Gasteiger partial charge in [0.15, 0.2) is 0 Å². The fraction of sp³-hybridized carbons (Fsp3) is 0.769. The van der Waals surface area contributed by atoms with Gasteiger partial charge in [-0.2, -0.15) is 0 Å². The summed E-state index contributed by atoms with van der Waals surface area (Å²) in [5, 5.41) is 16.7. The quantitative estimate of drug-likeness (QED) is 0.609. The van der Waals surface area contributed by atoms with E-state index in [0.29, 0.717) is 0 Å². The first kappa shape index (κ1) is 18.3. The largest absolute Gasteiger partial charge is 0.481 e. The first-order chi connectivity index (χ1) is 8.04. The van der Waals surface area contributed by atoms with Crippen LogP contribution in [0.25, 0.3) is 0 Å². The fourth-order valence-corrected chi connectivity index (χ4v) is 1.26. The van der Waals surface area contributed by atoms with E-state index in [1.165, 1.54) is 0 Å². The zero-order valence-electron chi connectivity index (χ0n) is 10.9. The molecule has 1 radical (unpaired) electrons. The van der Waals surface area contributed by atoms with Crippen LogP contribution in [0.2, 0.25) is 0 Å². The fourth-order valence-electron chi connectivity index (χ4n) is 1.26. The van der Waals surface area contributed by atoms with Gasteiger partial charge in [0, 0.05) is 12.8 Å². The van der Waals surface area contributed by atoms with E-state index in [-0.39, 0.29) is 12.8 Å². The molecular formula is C13H25O4. The molecule has 0 atom stereocenters. The number of carbonyl (C=O) groups is 2. The molecule has 4 heteroatoms. The summed E-state index contributed by atoms with van der Waals surface area (Å²) >= 11 is 0. The maximum atomic E-state index is 10.1. The third kappa shape index (κ3) is 25.3. The van der Waals surface area contributed by atoms with Crippen LogP contribution in [0, 0.1) is 6.42 Å². The molecule has 0 aromatic carbocycles. The van der Waals surface area contributed by atoms with Crippen molar-refractivity contribution < 1.29 is 19.8 Å². The summed E-state index contributed by atoms with van der Waals surface area (Å²) in [6.07, 6.45) is 7.82. The molecule has 17 heavy (non-hydrogen) atoms. The van der Waals surface area contributed by atoms with Crippen molar-refractivity contribution in [3.63, 3.8) is 0 Å². The Kier molecular flexibility index (Phi) is 16.1. The van der Waals surface area contributed by atoms with Crippen molar-refractivity contribution in [2.75, 3.05) is 0 Å². The lowest BCUT2D eigenvalue weighted by molar-refractivity contribution is -0.138. The lowest BCUT2D eigenvalue weighted by atomic mass is 10.1. The maximum Gasteiger partial charge on any atom is 0.303 e. The highest BCUT2D eigenvalue weighted by Gasteiger charge is 1.98. The van der Waals surface area contributed by atoms with Crippen molar-refractivity contribution in [2.24, 2.45) is 0 Å². The Morgan fingerprint density at radius 3 is 1.24 bits per heavy atom. The van der Waals surface area contributed by atoms with Crippen LogP contribution in [0.15, 0.2) is 0 Å². The summed E-state index contributed by atoms with van der Waals surface area (Å²) in [7, 11) is 0. The van der Waals surface area contributed by atoms with Crippen LogP contribution in [0.1, 0.15) is 65.2 Å². The predicted molar refractivity (Wildman–Crippen MR) is 67.9 cm³/mol. The van der Waals surface area contributed by atoms with Gasteiger partial charge in [-0.05, 0) is 19.3 Å². The van der Waals surface area contributed by atoms with Crippen molar-refractivity contribution in [2.45, 2.75) is 65.2 Å². The third-order valence-electron chi connectivity index (χ3n) is 2.03. The Bertz CT molecular complexity index is 170. The number of carboxylic acid groups (broad SMARTS) is 2. The topological polar surface area (TPSA) is 74.6 Å². The summed E-state index contributed by atoms with van der Waals surface area (Å²) in [6, 6.07) is 0. The Morgan fingerprint density at radius 2 is 1.00 bits per heavy atom. The molecule has 0 amide bonds. The van der Waals surface area contributed by atoms with Crippen LogP contribution in [0.3, 0.4) is 0 Å². The Morgan fingerprint density at radius 1 is 0.765 bits per heavy atom. The molecule has 0 saturated carbocycles. The lowest BCUT2D eigenvalue weighted by Gasteiger charge is -1.98. The number of hydrogen-bond acceptors (Lipinski definition) is 2. The monoisotopic (exact) mass is 245 g/mol. The van der Waals surface area contributed by atoms with Crippen LogP contribution < -0.4 is 0 Å². The zero-order valence-corrected chi connectivity index (χ0v) is 10.9. The van der Waals surface area contributed by atoms with Crippen LogP contribution in [0.4, 0.5) is 0 Å². The van der Waals surface area contributed by atoms with Crippen LogP contribution in [0.5, 0.6) is 0 Å². The Labute approximate surface area is 104 Å². The highest BCUT2D eigenvalue weighted by molar-refractivity contribution is 5.66. The van der Waals surface area contributed by atoms with E-state index in [1.807, 2.05) is 20.3 Å². The SMILES string of the molecule is C[CH]C.O=C(O)CCCCCCCCC(=O)O. The van der Waals surface area contributed by atoms with Crippen molar-refractivity contribution in [1.82, 2.24) is 0 Å². The molecule has 0 unspecified atom stereocenters. The normalized spacial score (nSPS) is 9.29. The average molecular weight is 245 g/mol. The van der Waals surface area contributed by atoms with E-state index in [0.717, 1.165) is 38.5 Å². The molecule has 0 aromatic rings. The van der Waals surface area contributed by atoms with Gasteiger partial charge >= 0.3 is 11.9 Å². The number of rotatable bonds is 9. The van der Waals surface area contributed by atoms with Gasteiger partial charge in [0.25, 0.3) is 0 Å². The highest BCUT2D eigenvalue weighted by Crippen LogP contribution is 2.08. The molecule has 4 nitrogen and oxygen atoms in total. The van der Waals surface area contributed by atoms with Crippen molar-refractivity contribution in [1.29, 1.82) is 0 Å². The lowest BCUT2D eigenvalue weighted by Crippen LogP contribution is -1.94. The molecule has 0 aromatic heterocycles. The van der Waals surface area contributed by atoms with Crippen molar-refractivity contribution in [3.8, 4) is 0 Å². The summed E-state index contributed by atoms with van der Waals surface area (Å²) in [6.45, 7) is 4.00. The summed E-state index contributed by atoms with van der Waals surface area (Å²) < 4.78 is 0. The molecule has 0 saturated heterocycles. The van der Waals surface area contributed by atoms with Gasteiger partial charge in [0.1, 0.15) is 0 Å². The standard InChI is InChI=1S/C10H18O4.C3H7/c11-9(12)7-5-3-1-2-4-6-8-10(13)14;1-3-2/h1-8H2,(H,11,12)(H,13,14);3H,1-2H3. The predicted octanol–water partition coefficient (Wildman–Crippen LogP) is 3.51. The summed E-state index contributed by atoms with van der Waals surface area (Å²) in [5.74, 6) is -1.48. The molecule has 0 heterocycles. The van der Waals surface area contributed by atoms with Crippen molar-refractivity contribution >= 4 is 11.9 Å². The van der Waals surface area contributed by atoms with E-state index in [1.54, 1.807) is 0 Å². The van der Waals surface area contributed by atoms with Gasteiger partial charge in [0.2, 0.25) is 0 Å². The molecule has 0 aliphatic heterocycles. The van der Waals surface area contributed by atoms with Crippen LogP contribution in [-0.2, 0) is 9.59 Å². The first-order valence-corrected chi connectivity index (χ1v) is 6.22. The second-order valence-corrected chi connectivity index (χ2v) is 3.99. The highest BCUT2D eigenvalue weighted by atomic mass is 16.4. The van der Waals surface area contributed by atoms with Crippen molar-refractivity contribution in [3.05, 3.63) is 6.42 Å². The maximum absolute atomic E-state index is 10.1. The smallest absolute Gasteiger partial charge is 0.303 e. The molecule has 0 bridgehead atoms. The van der Waals surface area contributed by atoms with E-state index in [2.05, 4.69) is 0 Å². The molecular weight excluding hydrogens is 220 g/mol. The third-order valence-corrected chi connectivity index (χ3v) is 2.03. The minimum absolute atomic E-state index is 0.245. The second kappa shape index (κ2) is 14.9. The first-order valence-electron chi connectivity index (χ1n) is 6.22. The second-order valence-electron chi connectivity index (χ2n) is 3.99. The van der Waals surface area contributed by atoms with Gasteiger partial charge < -0.3 is 10.2 Å². The molecule has 0 aliphatic rings. The molecule has 101 valence electrons.